The predicted octanol–water partition coefficient (Wildman–Crippen LogP) is 4.81. The molecule has 1 fully saturated rings. The fourth-order valence-electron chi connectivity index (χ4n) is 3.50. The SMILES string of the molecule is Cc1ccc(CN2CCN(N=Cc3ccc(-c4ccccc4)cc3)CC2)cc1. The summed E-state index contributed by atoms with van der Waals surface area (Å²) in [5, 5.41) is 6.87. The molecule has 4 rings (SSSR count). The molecule has 0 saturated carbocycles. The maximum absolute atomic E-state index is 4.69. The third kappa shape index (κ3) is 4.87. The van der Waals surface area contributed by atoms with Crippen LogP contribution < -0.4 is 0 Å². The molecule has 1 aliphatic rings. The van der Waals surface area contributed by atoms with E-state index in [4.69, 9.17) is 5.10 Å². The van der Waals surface area contributed by atoms with Gasteiger partial charge in [-0.25, -0.2) is 0 Å². The third-order valence-electron chi connectivity index (χ3n) is 5.26. The first kappa shape index (κ1) is 18.5. The first-order valence-corrected chi connectivity index (χ1v) is 9.98. The second kappa shape index (κ2) is 8.85. The molecule has 1 saturated heterocycles. The summed E-state index contributed by atoms with van der Waals surface area (Å²) in [7, 11) is 0. The van der Waals surface area contributed by atoms with E-state index < -0.39 is 0 Å². The Morgan fingerprint density at radius 3 is 2.07 bits per heavy atom. The minimum Gasteiger partial charge on any atom is -0.295 e. The average molecular weight is 370 g/mol. The van der Waals surface area contributed by atoms with E-state index in [0.29, 0.717) is 0 Å². The normalized spacial score (nSPS) is 15.2. The predicted molar refractivity (Wildman–Crippen MR) is 118 cm³/mol. The number of aryl methyl sites for hydroxylation is 1. The first-order valence-electron chi connectivity index (χ1n) is 9.98. The van der Waals surface area contributed by atoms with E-state index in [1.54, 1.807) is 0 Å². The molecule has 0 bridgehead atoms. The van der Waals surface area contributed by atoms with Gasteiger partial charge in [-0.3, -0.25) is 9.91 Å². The molecule has 142 valence electrons. The van der Waals surface area contributed by atoms with Gasteiger partial charge in [-0.05, 0) is 29.2 Å². The molecule has 0 radical (unpaired) electrons. The van der Waals surface area contributed by atoms with Gasteiger partial charge in [0.15, 0.2) is 0 Å². The van der Waals surface area contributed by atoms with E-state index in [1.165, 1.54) is 22.3 Å². The number of hydrogen-bond acceptors (Lipinski definition) is 3. The zero-order chi connectivity index (χ0) is 19.2. The van der Waals surface area contributed by atoms with Crippen LogP contribution in [-0.2, 0) is 6.54 Å². The van der Waals surface area contributed by atoms with Gasteiger partial charge in [0.2, 0.25) is 0 Å². The fourth-order valence-corrected chi connectivity index (χ4v) is 3.50. The zero-order valence-corrected chi connectivity index (χ0v) is 16.5. The summed E-state index contributed by atoms with van der Waals surface area (Å²) in [4.78, 5) is 2.51. The second-order valence-electron chi connectivity index (χ2n) is 7.45. The van der Waals surface area contributed by atoms with Crippen molar-refractivity contribution >= 4 is 6.21 Å². The summed E-state index contributed by atoms with van der Waals surface area (Å²) in [5.74, 6) is 0. The summed E-state index contributed by atoms with van der Waals surface area (Å²) < 4.78 is 0. The molecule has 1 aliphatic heterocycles. The summed E-state index contributed by atoms with van der Waals surface area (Å²) in [6.07, 6.45) is 1.98. The van der Waals surface area contributed by atoms with Crippen molar-refractivity contribution in [3.63, 3.8) is 0 Å². The van der Waals surface area contributed by atoms with Crippen molar-refractivity contribution in [1.29, 1.82) is 0 Å². The van der Waals surface area contributed by atoms with Crippen LogP contribution in [0.15, 0.2) is 84.0 Å². The van der Waals surface area contributed by atoms with Crippen LogP contribution in [0.1, 0.15) is 16.7 Å². The van der Waals surface area contributed by atoms with Crippen molar-refractivity contribution in [3.8, 4) is 11.1 Å². The molecule has 0 aromatic heterocycles. The van der Waals surface area contributed by atoms with Gasteiger partial charge in [0.25, 0.3) is 0 Å². The van der Waals surface area contributed by atoms with Gasteiger partial charge in [0.05, 0.1) is 6.21 Å². The average Bonchev–Trinajstić information content (AvgIpc) is 2.76. The Bertz CT molecular complexity index is 891. The number of hydrogen-bond donors (Lipinski definition) is 0. The fraction of sp³-hybridized carbons (Fsp3) is 0.240. The van der Waals surface area contributed by atoms with Gasteiger partial charge >= 0.3 is 0 Å². The van der Waals surface area contributed by atoms with E-state index in [-0.39, 0.29) is 0 Å². The maximum Gasteiger partial charge on any atom is 0.0542 e. The molecule has 3 aromatic rings. The van der Waals surface area contributed by atoms with E-state index in [0.717, 1.165) is 38.3 Å². The number of nitrogens with zero attached hydrogens (tertiary/aromatic N) is 3. The topological polar surface area (TPSA) is 18.8 Å². The minimum absolute atomic E-state index is 0.977. The molecular weight excluding hydrogens is 342 g/mol. The summed E-state index contributed by atoms with van der Waals surface area (Å²) in [6.45, 7) is 7.22. The molecule has 28 heavy (non-hydrogen) atoms. The van der Waals surface area contributed by atoms with E-state index >= 15 is 0 Å². The summed E-state index contributed by atoms with van der Waals surface area (Å²) >= 11 is 0. The lowest BCUT2D eigenvalue weighted by Crippen LogP contribution is -2.43. The largest absolute Gasteiger partial charge is 0.295 e. The van der Waals surface area contributed by atoms with Gasteiger partial charge in [0.1, 0.15) is 0 Å². The Morgan fingerprint density at radius 2 is 1.39 bits per heavy atom. The van der Waals surface area contributed by atoms with Crippen LogP contribution in [0.25, 0.3) is 11.1 Å². The Hall–Kier alpha value is -2.91. The lowest BCUT2D eigenvalue weighted by molar-refractivity contribution is 0.131. The van der Waals surface area contributed by atoms with Gasteiger partial charge in [-0.15, -0.1) is 0 Å². The molecule has 1 heterocycles. The van der Waals surface area contributed by atoms with Crippen LogP contribution in [0, 0.1) is 6.92 Å². The van der Waals surface area contributed by atoms with Gasteiger partial charge < -0.3 is 0 Å². The van der Waals surface area contributed by atoms with Gasteiger partial charge in [-0.2, -0.15) is 5.10 Å². The lowest BCUT2D eigenvalue weighted by atomic mass is 10.0. The van der Waals surface area contributed by atoms with Gasteiger partial charge in [-0.1, -0.05) is 84.4 Å². The Labute approximate surface area is 167 Å². The Balaban J connectivity index is 1.28. The molecule has 0 atom stereocenters. The smallest absolute Gasteiger partial charge is 0.0542 e. The molecule has 0 N–H and O–H groups in total. The first-order chi connectivity index (χ1) is 13.8. The Morgan fingerprint density at radius 1 is 0.750 bits per heavy atom. The van der Waals surface area contributed by atoms with Crippen LogP contribution in [0.2, 0.25) is 0 Å². The highest BCUT2D eigenvalue weighted by Gasteiger charge is 2.15. The van der Waals surface area contributed by atoms with Crippen LogP contribution in [0.3, 0.4) is 0 Å². The molecule has 0 unspecified atom stereocenters. The van der Waals surface area contributed by atoms with E-state index in [9.17, 15) is 0 Å². The van der Waals surface area contributed by atoms with Crippen LogP contribution in [0.4, 0.5) is 0 Å². The molecule has 3 aromatic carbocycles. The zero-order valence-electron chi connectivity index (χ0n) is 16.5. The van der Waals surface area contributed by atoms with Crippen LogP contribution in [-0.4, -0.2) is 42.3 Å². The van der Waals surface area contributed by atoms with Crippen LogP contribution in [0.5, 0.6) is 0 Å². The van der Waals surface area contributed by atoms with E-state index in [2.05, 4.69) is 89.6 Å². The molecule has 3 nitrogen and oxygen atoms in total. The standard InChI is InChI=1S/C25H27N3/c1-21-7-9-23(10-8-21)20-27-15-17-28(18-16-27)26-19-22-11-13-25(14-12-22)24-5-3-2-4-6-24/h2-14,19H,15-18,20H2,1H3. The monoisotopic (exact) mass is 369 g/mol. The minimum atomic E-state index is 0.977. The molecule has 3 heteroatoms. The lowest BCUT2D eigenvalue weighted by Gasteiger charge is -2.33. The van der Waals surface area contributed by atoms with Crippen molar-refractivity contribution in [1.82, 2.24) is 9.91 Å². The highest BCUT2D eigenvalue weighted by Crippen LogP contribution is 2.18. The number of rotatable bonds is 5. The molecular formula is C25H27N3. The summed E-state index contributed by atoms with van der Waals surface area (Å²) in [6, 6.07) is 27.9. The highest BCUT2D eigenvalue weighted by molar-refractivity contribution is 5.80. The maximum atomic E-state index is 4.69. The number of benzene rings is 3. The summed E-state index contributed by atoms with van der Waals surface area (Å²) in [5.41, 5.74) is 6.33. The van der Waals surface area contributed by atoms with Crippen LogP contribution >= 0.6 is 0 Å². The molecule has 0 spiro atoms. The quantitative estimate of drug-likeness (QED) is 0.601. The molecule has 0 amide bonds. The van der Waals surface area contributed by atoms with Crippen molar-refractivity contribution in [2.75, 3.05) is 26.2 Å². The highest BCUT2D eigenvalue weighted by atomic mass is 15.5. The Kier molecular flexibility index (Phi) is 5.83. The van der Waals surface area contributed by atoms with Crippen molar-refractivity contribution in [3.05, 3.63) is 95.6 Å². The van der Waals surface area contributed by atoms with Gasteiger partial charge in [0, 0.05) is 32.7 Å². The third-order valence-corrected chi connectivity index (χ3v) is 5.26. The number of piperazine rings is 1. The van der Waals surface area contributed by atoms with Crippen molar-refractivity contribution in [2.45, 2.75) is 13.5 Å². The second-order valence-corrected chi connectivity index (χ2v) is 7.45. The number of hydrazone groups is 1. The van der Waals surface area contributed by atoms with Crippen molar-refractivity contribution < 1.29 is 0 Å². The molecule has 0 aliphatic carbocycles. The van der Waals surface area contributed by atoms with Crippen molar-refractivity contribution in [2.24, 2.45) is 5.10 Å². The van der Waals surface area contributed by atoms with E-state index in [1.807, 2.05) is 12.3 Å².